The number of hydrogen-bond donors (Lipinski definition) is 0. The summed E-state index contributed by atoms with van der Waals surface area (Å²) >= 11 is 0. The van der Waals surface area contributed by atoms with Crippen LogP contribution in [0, 0.1) is 0 Å². The van der Waals surface area contributed by atoms with Crippen LogP contribution in [0.4, 0.5) is 0 Å². The third-order valence-electron chi connectivity index (χ3n) is 11.5. The van der Waals surface area contributed by atoms with Crippen molar-refractivity contribution in [3.63, 3.8) is 0 Å². The first-order valence-corrected chi connectivity index (χ1v) is 18.6. The SMILES string of the molecule is c1ccc(-c2ccc(-n3c4ccccc4c4cc(-c5ccc6c(c5)c5ccccc5n6-c5cc6cccc7c6c(n5)-c5ccccc5-7)ccc43)cc2)cc1. The van der Waals surface area contributed by atoms with Gasteiger partial charge >= 0.3 is 0 Å². The van der Waals surface area contributed by atoms with Gasteiger partial charge < -0.3 is 4.57 Å². The molecule has 8 aromatic carbocycles. The van der Waals surface area contributed by atoms with Crippen molar-refractivity contribution in [1.82, 2.24) is 14.1 Å². The summed E-state index contributed by atoms with van der Waals surface area (Å²) in [4.78, 5) is 5.41. The van der Waals surface area contributed by atoms with Crippen LogP contribution in [0.5, 0.6) is 0 Å². The molecule has 0 fully saturated rings. The van der Waals surface area contributed by atoms with Crippen molar-refractivity contribution in [3.05, 3.63) is 188 Å². The van der Waals surface area contributed by atoms with E-state index < -0.39 is 0 Å². The van der Waals surface area contributed by atoms with Crippen LogP contribution in [0.25, 0.3) is 111 Å². The number of pyridine rings is 1. The Morgan fingerprint density at radius 3 is 1.59 bits per heavy atom. The summed E-state index contributed by atoms with van der Waals surface area (Å²) in [7, 11) is 0. The van der Waals surface area contributed by atoms with Crippen LogP contribution in [0.2, 0.25) is 0 Å². The van der Waals surface area contributed by atoms with E-state index in [1.54, 1.807) is 0 Å². The second kappa shape index (κ2) is 11.1. The molecule has 0 aliphatic heterocycles. The Hall–Kier alpha value is -7.23. The molecule has 0 atom stereocenters. The first kappa shape index (κ1) is 29.4. The zero-order valence-electron chi connectivity index (χ0n) is 29.2. The molecule has 0 radical (unpaired) electrons. The van der Waals surface area contributed by atoms with Gasteiger partial charge in [0, 0.05) is 38.2 Å². The van der Waals surface area contributed by atoms with E-state index in [2.05, 4.69) is 197 Å². The fourth-order valence-electron chi connectivity index (χ4n) is 9.02. The lowest BCUT2D eigenvalue weighted by atomic mass is 10.0. The molecule has 54 heavy (non-hydrogen) atoms. The summed E-state index contributed by atoms with van der Waals surface area (Å²) < 4.78 is 4.74. The molecule has 3 aromatic heterocycles. The Bertz CT molecular complexity index is 3310. The van der Waals surface area contributed by atoms with Crippen molar-refractivity contribution >= 4 is 54.4 Å². The van der Waals surface area contributed by atoms with E-state index in [0.29, 0.717) is 0 Å². The molecule has 0 saturated carbocycles. The smallest absolute Gasteiger partial charge is 0.138 e. The normalized spacial score (nSPS) is 12.1. The molecular formula is C51H31N3. The molecule has 3 heterocycles. The van der Waals surface area contributed by atoms with Crippen LogP contribution < -0.4 is 0 Å². The Balaban J connectivity index is 1.01. The van der Waals surface area contributed by atoms with E-state index in [0.717, 1.165) is 28.2 Å². The molecule has 0 saturated heterocycles. The molecule has 12 rings (SSSR count). The second-order valence-corrected chi connectivity index (χ2v) is 14.4. The van der Waals surface area contributed by atoms with Crippen LogP contribution in [-0.2, 0) is 0 Å². The lowest BCUT2D eigenvalue weighted by Gasteiger charge is -2.11. The van der Waals surface area contributed by atoms with Crippen molar-refractivity contribution in [3.8, 4) is 56.1 Å². The molecule has 0 bridgehead atoms. The monoisotopic (exact) mass is 685 g/mol. The van der Waals surface area contributed by atoms with Crippen LogP contribution in [-0.4, -0.2) is 14.1 Å². The van der Waals surface area contributed by atoms with E-state index in [4.69, 9.17) is 4.98 Å². The number of benzene rings is 8. The van der Waals surface area contributed by atoms with Crippen molar-refractivity contribution < 1.29 is 0 Å². The predicted octanol–water partition coefficient (Wildman–Crippen LogP) is 13.4. The molecule has 3 nitrogen and oxygen atoms in total. The molecule has 0 N–H and O–H groups in total. The molecule has 0 amide bonds. The second-order valence-electron chi connectivity index (χ2n) is 14.4. The molecule has 1 aliphatic rings. The maximum absolute atomic E-state index is 5.41. The first-order chi connectivity index (χ1) is 26.8. The maximum atomic E-state index is 5.41. The molecule has 3 heteroatoms. The highest BCUT2D eigenvalue weighted by molar-refractivity contribution is 6.16. The van der Waals surface area contributed by atoms with Crippen molar-refractivity contribution in [2.45, 2.75) is 0 Å². The highest BCUT2D eigenvalue weighted by Gasteiger charge is 2.24. The van der Waals surface area contributed by atoms with E-state index in [-0.39, 0.29) is 0 Å². The first-order valence-electron chi connectivity index (χ1n) is 18.6. The Kier molecular flexibility index (Phi) is 6.05. The molecule has 0 unspecified atom stereocenters. The third-order valence-corrected chi connectivity index (χ3v) is 11.5. The Labute approximate surface area is 311 Å². The van der Waals surface area contributed by atoms with E-state index >= 15 is 0 Å². The maximum Gasteiger partial charge on any atom is 0.138 e. The van der Waals surface area contributed by atoms with Crippen LogP contribution in [0.15, 0.2) is 188 Å². The average Bonchev–Trinajstić information content (AvgIpc) is 3.87. The summed E-state index contributed by atoms with van der Waals surface area (Å²) in [5.74, 6) is 0.941. The highest BCUT2D eigenvalue weighted by Crippen LogP contribution is 2.47. The summed E-state index contributed by atoms with van der Waals surface area (Å²) in [6, 6.07) is 68.4. The number of nitrogens with zero attached hydrogens (tertiary/aromatic N) is 3. The minimum Gasteiger partial charge on any atom is -0.309 e. The van der Waals surface area contributed by atoms with Gasteiger partial charge in [0.1, 0.15) is 5.82 Å². The van der Waals surface area contributed by atoms with Gasteiger partial charge in [0.15, 0.2) is 0 Å². The van der Waals surface area contributed by atoms with E-state index in [9.17, 15) is 0 Å². The van der Waals surface area contributed by atoms with E-state index in [1.807, 2.05) is 0 Å². The lowest BCUT2D eigenvalue weighted by molar-refractivity contribution is 1.09. The molecule has 250 valence electrons. The van der Waals surface area contributed by atoms with Gasteiger partial charge in [0.25, 0.3) is 0 Å². The minimum atomic E-state index is 0.941. The van der Waals surface area contributed by atoms with Gasteiger partial charge in [-0.15, -0.1) is 0 Å². The Morgan fingerprint density at radius 1 is 0.333 bits per heavy atom. The number of aromatic nitrogens is 3. The summed E-state index contributed by atoms with van der Waals surface area (Å²) in [5.41, 5.74) is 15.5. The zero-order valence-corrected chi connectivity index (χ0v) is 29.2. The number of para-hydroxylation sites is 2. The van der Waals surface area contributed by atoms with Crippen LogP contribution >= 0.6 is 0 Å². The third kappa shape index (κ3) is 4.15. The summed E-state index contributed by atoms with van der Waals surface area (Å²) in [5, 5.41) is 7.39. The quantitative estimate of drug-likeness (QED) is 0.181. The van der Waals surface area contributed by atoms with Gasteiger partial charge in [0.2, 0.25) is 0 Å². The minimum absolute atomic E-state index is 0.941. The molecule has 11 aromatic rings. The van der Waals surface area contributed by atoms with Crippen molar-refractivity contribution in [1.29, 1.82) is 0 Å². The van der Waals surface area contributed by atoms with Crippen LogP contribution in [0.1, 0.15) is 0 Å². The summed E-state index contributed by atoms with van der Waals surface area (Å²) in [6.07, 6.45) is 0. The van der Waals surface area contributed by atoms with Gasteiger partial charge in [-0.3, -0.25) is 4.57 Å². The topological polar surface area (TPSA) is 22.8 Å². The lowest BCUT2D eigenvalue weighted by Crippen LogP contribution is -1.98. The standard InChI is InChI=1S/C51H31N3/c1-2-11-32(12-3-1)33-21-25-37(26-22-33)53-45-19-8-6-15-39(45)43-29-34(23-27-47(43)53)35-24-28-48-44(30-35)40-16-7-9-20-46(40)54(48)49-31-36-13-10-18-41-38-14-4-5-17-42(38)51(52-49)50(36)41/h1-31H. The number of rotatable bonds is 4. The van der Waals surface area contributed by atoms with Gasteiger partial charge in [-0.25, -0.2) is 4.98 Å². The number of fused-ring (bicyclic) bond motifs is 9. The largest absolute Gasteiger partial charge is 0.309 e. The fourth-order valence-corrected chi connectivity index (χ4v) is 9.02. The van der Waals surface area contributed by atoms with Gasteiger partial charge in [-0.05, 0) is 93.4 Å². The highest BCUT2D eigenvalue weighted by atomic mass is 15.1. The predicted molar refractivity (Wildman–Crippen MR) is 226 cm³/mol. The zero-order chi connectivity index (χ0) is 35.3. The average molecular weight is 686 g/mol. The van der Waals surface area contributed by atoms with Gasteiger partial charge in [-0.2, -0.15) is 0 Å². The van der Waals surface area contributed by atoms with Gasteiger partial charge in [-0.1, -0.05) is 133 Å². The summed E-state index contributed by atoms with van der Waals surface area (Å²) in [6.45, 7) is 0. The van der Waals surface area contributed by atoms with Gasteiger partial charge in [0.05, 0.1) is 27.8 Å². The number of hydrogen-bond acceptors (Lipinski definition) is 1. The molecule has 1 aliphatic carbocycles. The Morgan fingerprint density at radius 2 is 0.870 bits per heavy atom. The van der Waals surface area contributed by atoms with E-state index in [1.165, 1.54) is 82.3 Å². The van der Waals surface area contributed by atoms with Crippen molar-refractivity contribution in [2.24, 2.45) is 0 Å². The molecule has 0 spiro atoms. The van der Waals surface area contributed by atoms with Crippen LogP contribution in [0.3, 0.4) is 0 Å². The van der Waals surface area contributed by atoms with Crippen molar-refractivity contribution in [2.75, 3.05) is 0 Å². The fraction of sp³-hybridized carbons (Fsp3) is 0. The molecular weight excluding hydrogens is 655 g/mol.